The smallest absolute Gasteiger partial charge is 0.339 e. The SMILES string of the molecule is O=C(O)c1cc(CC(=S)N2CCOCC2)ccc1O. The number of ether oxygens (including phenoxy) is 1. The molecule has 0 amide bonds. The van der Waals surface area contributed by atoms with Crippen LogP contribution in [0.4, 0.5) is 0 Å². The van der Waals surface area contributed by atoms with Crippen molar-refractivity contribution in [3.05, 3.63) is 29.3 Å². The molecule has 0 aliphatic carbocycles. The lowest BCUT2D eigenvalue weighted by Crippen LogP contribution is -2.40. The molecule has 1 aliphatic rings. The van der Waals surface area contributed by atoms with E-state index < -0.39 is 5.97 Å². The molecule has 0 unspecified atom stereocenters. The summed E-state index contributed by atoms with van der Waals surface area (Å²) in [6.07, 6.45) is 0.496. The van der Waals surface area contributed by atoms with E-state index in [9.17, 15) is 9.90 Å². The van der Waals surface area contributed by atoms with Gasteiger partial charge in [0, 0.05) is 19.5 Å². The van der Waals surface area contributed by atoms with Gasteiger partial charge in [-0.2, -0.15) is 0 Å². The van der Waals surface area contributed by atoms with Crippen molar-refractivity contribution >= 4 is 23.2 Å². The van der Waals surface area contributed by atoms with Gasteiger partial charge in [0.05, 0.1) is 18.2 Å². The molecule has 1 fully saturated rings. The van der Waals surface area contributed by atoms with Crippen LogP contribution in [0.2, 0.25) is 0 Å². The average molecular weight is 281 g/mol. The molecule has 102 valence electrons. The van der Waals surface area contributed by atoms with E-state index >= 15 is 0 Å². The molecule has 1 heterocycles. The Bertz CT molecular complexity index is 497. The lowest BCUT2D eigenvalue weighted by Gasteiger charge is -2.29. The Balaban J connectivity index is 2.08. The van der Waals surface area contributed by atoms with Gasteiger partial charge in [-0.15, -0.1) is 0 Å². The zero-order valence-corrected chi connectivity index (χ0v) is 11.2. The fourth-order valence-corrected chi connectivity index (χ4v) is 2.31. The number of hydrogen-bond donors (Lipinski definition) is 2. The van der Waals surface area contributed by atoms with Crippen molar-refractivity contribution < 1.29 is 19.7 Å². The van der Waals surface area contributed by atoms with Gasteiger partial charge >= 0.3 is 5.97 Å². The predicted molar refractivity (Wildman–Crippen MR) is 73.8 cm³/mol. The van der Waals surface area contributed by atoms with Gasteiger partial charge in [0.1, 0.15) is 11.3 Å². The van der Waals surface area contributed by atoms with Crippen molar-refractivity contribution in [2.45, 2.75) is 6.42 Å². The molecule has 2 rings (SSSR count). The Morgan fingerprint density at radius 1 is 1.37 bits per heavy atom. The van der Waals surface area contributed by atoms with Crippen LogP contribution in [0.25, 0.3) is 0 Å². The zero-order valence-electron chi connectivity index (χ0n) is 10.3. The fraction of sp³-hybridized carbons (Fsp3) is 0.385. The highest BCUT2D eigenvalue weighted by atomic mass is 32.1. The number of hydrogen-bond acceptors (Lipinski definition) is 4. The minimum atomic E-state index is -1.14. The molecular weight excluding hydrogens is 266 g/mol. The normalized spacial score (nSPS) is 15.3. The number of morpholine rings is 1. The van der Waals surface area contributed by atoms with E-state index in [1.807, 2.05) is 0 Å². The van der Waals surface area contributed by atoms with Crippen LogP contribution >= 0.6 is 12.2 Å². The third-order valence-corrected chi connectivity index (χ3v) is 3.41. The summed E-state index contributed by atoms with van der Waals surface area (Å²) in [7, 11) is 0. The zero-order chi connectivity index (χ0) is 13.8. The molecule has 6 heteroatoms. The van der Waals surface area contributed by atoms with E-state index in [0.717, 1.165) is 23.6 Å². The number of rotatable bonds is 3. The number of carbonyl (C=O) groups is 1. The van der Waals surface area contributed by atoms with Crippen LogP contribution in [0, 0.1) is 0 Å². The Hall–Kier alpha value is -1.66. The van der Waals surface area contributed by atoms with Crippen molar-refractivity contribution in [3.8, 4) is 5.75 Å². The number of phenols is 1. The number of aromatic hydroxyl groups is 1. The summed E-state index contributed by atoms with van der Waals surface area (Å²) in [6, 6.07) is 4.54. The lowest BCUT2D eigenvalue weighted by atomic mass is 10.1. The van der Waals surface area contributed by atoms with Gasteiger partial charge in [-0.05, 0) is 17.7 Å². The van der Waals surface area contributed by atoms with Crippen molar-refractivity contribution in [3.63, 3.8) is 0 Å². The number of nitrogens with zero attached hydrogens (tertiary/aromatic N) is 1. The van der Waals surface area contributed by atoms with Gasteiger partial charge in [0.25, 0.3) is 0 Å². The summed E-state index contributed by atoms with van der Waals surface area (Å²) < 4.78 is 5.25. The van der Waals surface area contributed by atoms with E-state index in [1.54, 1.807) is 6.07 Å². The third-order valence-electron chi connectivity index (χ3n) is 3.01. The summed E-state index contributed by atoms with van der Waals surface area (Å²) in [6.45, 7) is 2.86. The Labute approximate surface area is 116 Å². The summed E-state index contributed by atoms with van der Waals surface area (Å²) in [5, 5.41) is 18.4. The highest BCUT2D eigenvalue weighted by molar-refractivity contribution is 7.80. The molecule has 2 N–H and O–H groups in total. The highest BCUT2D eigenvalue weighted by Crippen LogP contribution is 2.19. The summed E-state index contributed by atoms with van der Waals surface area (Å²) in [5.41, 5.74) is 0.689. The maximum absolute atomic E-state index is 10.9. The van der Waals surface area contributed by atoms with Crippen LogP contribution in [-0.2, 0) is 11.2 Å². The van der Waals surface area contributed by atoms with Gasteiger partial charge in [-0.1, -0.05) is 18.3 Å². The maximum Gasteiger partial charge on any atom is 0.339 e. The molecule has 0 radical (unpaired) electrons. The topological polar surface area (TPSA) is 70.0 Å². The van der Waals surface area contributed by atoms with Gasteiger partial charge in [-0.3, -0.25) is 0 Å². The molecule has 1 saturated heterocycles. The van der Waals surface area contributed by atoms with Crippen LogP contribution in [0.3, 0.4) is 0 Å². The molecule has 0 atom stereocenters. The first kappa shape index (κ1) is 13.8. The molecule has 5 nitrogen and oxygen atoms in total. The van der Waals surface area contributed by atoms with Crippen molar-refractivity contribution in [1.29, 1.82) is 0 Å². The van der Waals surface area contributed by atoms with Gasteiger partial charge in [0.15, 0.2) is 0 Å². The van der Waals surface area contributed by atoms with E-state index in [0.29, 0.717) is 19.6 Å². The first-order valence-corrected chi connectivity index (χ1v) is 6.39. The largest absolute Gasteiger partial charge is 0.507 e. The molecule has 19 heavy (non-hydrogen) atoms. The van der Waals surface area contributed by atoms with Crippen LogP contribution in [-0.4, -0.2) is 52.4 Å². The van der Waals surface area contributed by atoms with E-state index in [2.05, 4.69) is 4.90 Å². The van der Waals surface area contributed by atoms with Crippen LogP contribution in [0.5, 0.6) is 5.75 Å². The molecule has 0 spiro atoms. The average Bonchev–Trinajstić information content (AvgIpc) is 2.41. The molecule has 1 aromatic rings. The van der Waals surface area contributed by atoms with Crippen LogP contribution in [0.1, 0.15) is 15.9 Å². The third kappa shape index (κ3) is 3.42. The number of aromatic carboxylic acids is 1. The highest BCUT2D eigenvalue weighted by Gasteiger charge is 2.15. The molecule has 1 aromatic carbocycles. The van der Waals surface area contributed by atoms with Gasteiger partial charge < -0.3 is 19.8 Å². The monoisotopic (exact) mass is 281 g/mol. The van der Waals surface area contributed by atoms with E-state index in [4.69, 9.17) is 22.1 Å². The van der Waals surface area contributed by atoms with E-state index in [1.165, 1.54) is 12.1 Å². The summed E-state index contributed by atoms with van der Waals surface area (Å²) >= 11 is 5.36. The Kier molecular flexibility index (Phi) is 4.34. The van der Waals surface area contributed by atoms with Crippen molar-refractivity contribution in [2.75, 3.05) is 26.3 Å². The number of carboxylic acids is 1. The van der Waals surface area contributed by atoms with Crippen LogP contribution in [0.15, 0.2) is 18.2 Å². The minimum absolute atomic E-state index is 0.0951. The molecule has 1 aliphatic heterocycles. The second kappa shape index (κ2) is 5.99. The van der Waals surface area contributed by atoms with Gasteiger partial charge in [0.2, 0.25) is 0 Å². The molecule has 0 aromatic heterocycles. The fourth-order valence-electron chi connectivity index (χ4n) is 1.96. The first-order valence-electron chi connectivity index (χ1n) is 5.98. The van der Waals surface area contributed by atoms with E-state index in [-0.39, 0.29) is 11.3 Å². The summed E-state index contributed by atoms with van der Waals surface area (Å²) in [5.74, 6) is -1.37. The Morgan fingerprint density at radius 3 is 2.68 bits per heavy atom. The number of benzene rings is 1. The quantitative estimate of drug-likeness (QED) is 0.814. The predicted octanol–water partition coefficient (Wildman–Crippen LogP) is 1.29. The number of thiocarbonyl (C=S) groups is 1. The second-order valence-corrected chi connectivity index (χ2v) is 4.80. The Morgan fingerprint density at radius 2 is 2.05 bits per heavy atom. The molecule has 0 saturated carbocycles. The van der Waals surface area contributed by atoms with Crippen molar-refractivity contribution in [2.24, 2.45) is 0 Å². The first-order chi connectivity index (χ1) is 9.08. The standard InChI is InChI=1S/C13H15NO4S/c15-11-2-1-9(7-10(11)13(16)17)8-12(19)14-3-5-18-6-4-14/h1-2,7,15H,3-6,8H2,(H,16,17). The second-order valence-electron chi connectivity index (χ2n) is 4.33. The minimum Gasteiger partial charge on any atom is -0.507 e. The van der Waals surface area contributed by atoms with Crippen LogP contribution < -0.4 is 0 Å². The molecule has 0 bridgehead atoms. The number of carboxylic acid groups (broad SMARTS) is 1. The lowest BCUT2D eigenvalue weighted by molar-refractivity contribution is 0.0684. The van der Waals surface area contributed by atoms with Crippen molar-refractivity contribution in [1.82, 2.24) is 4.90 Å². The maximum atomic E-state index is 10.9. The molecular formula is C13H15NO4S. The summed E-state index contributed by atoms with van der Waals surface area (Å²) in [4.78, 5) is 13.8. The van der Waals surface area contributed by atoms with Gasteiger partial charge in [-0.25, -0.2) is 4.79 Å².